The van der Waals surface area contributed by atoms with Crippen molar-refractivity contribution in [3.05, 3.63) is 102 Å². The number of rotatable bonds is 6. The lowest BCUT2D eigenvalue weighted by Gasteiger charge is -2.32. The van der Waals surface area contributed by atoms with Gasteiger partial charge >= 0.3 is 5.97 Å². The van der Waals surface area contributed by atoms with E-state index >= 15 is 0 Å². The van der Waals surface area contributed by atoms with Crippen LogP contribution >= 0.6 is 34.0 Å². The van der Waals surface area contributed by atoms with E-state index in [-0.39, 0.29) is 52.0 Å². The molecule has 0 aliphatic carbocycles. The summed E-state index contributed by atoms with van der Waals surface area (Å²) >= 11 is 0. The van der Waals surface area contributed by atoms with Gasteiger partial charge in [0.25, 0.3) is 0 Å². The van der Waals surface area contributed by atoms with E-state index in [4.69, 9.17) is 4.74 Å². The van der Waals surface area contributed by atoms with Gasteiger partial charge in [-0.1, -0.05) is 66.7 Å². The van der Waals surface area contributed by atoms with Crippen molar-refractivity contribution in [1.82, 2.24) is 9.88 Å². The van der Waals surface area contributed by atoms with Crippen molar-refractivity contribution in [2.75, 3.05) is 13.1 Å². The molecule has 1 aliphatic heterocycles. The van der Waals surface area contributed by atoms with Crippen LogP contribution in [0.3, 0.4) is 0 Å². The van der Waals surface area contributed by atoms with Gasteiger partial charge in [-0.3, -0.25) is 14.7 Å². The van der Waals surface area contributed by atoms with E-state index in [0.29, 0.717) is 0 Å². The van der Waals surface area contributed by atoms with Crippen LogP contribution in [0, 0.1) is 0 Å². The van der Waals surface area contributed by atoms with Gasteiger partial charge in [-0.25, -0.2) is 0 Å². The summed E-state index contributed by atoms with van der Waals surface area (Å²) in [5.41, 5.74) is 3.02. The highest BCUT2D eigenvalue weighted by molar-refractivity contribution is 8.93. The molecule has 31 heavy (non-hydrogen) atoms. The summed E-state index contributed by atoms with van der Waals surface area (Å²) in [5.74, 6) is -0.547. The van der Waals surface area contributed by atoms with Crippen molar-refractivity contribution >= 4 is 39.9 Å². The van der Waals surface area contributed by atoms with Crippen molar-refractivity contribution in [1.29, 1.82) is 0 Å². The number of benzene rings is 2. The third-order valence-corrected chi connectivity index (χ3v) is 5.43. The van der Waals surface area contributed by atoms with Gasteiger partial charge < -0.3 is 4.74 Å². The summed E-state index contributed by atoms with van der Waals surface area (Å²) in [7, 11) is 0. The van der Waals surface area contributed by atoms with Gasteiger partial charge in [-0.15, -0.1) is 34.0 Å². The second-order valence-electron chi connectivity index (χ2n) is 7.49. The van der Waals surface area contributed by atoms with Gasteiger partial charge in [0.05, 0.1) is 5.69 Å². The molecule has 2 heterocycles. The zero-order chi connectivity index (χ0) is 19.9. The molecule has 0 spiro atoms. The lowest BCUT2D eigenvalue weighted by Crippen LogP contribution is -2.38. The molecule has 0 unspecified atom stereocenters. The number of carbonyl (C=O) groups excluding carboxylic acids is 1. The molecule has 1 saturated heterocycles. The van der Waals surface area contributed by atoms with E-state index in [1.807, 2.05) is 79.0 Å². The fourth-order valence-electron chi connectivity index (χ4n) is 3.89. The minimum absolute atomic E-state index is 0. The Morgan fingerprint density at radius 2 is 1.42 bits per heavy atom. The normalized spacial score (nSPS) is 14.4. The van der Waals surface area contributed by atoms with Crippen LogP contribution in [0.2, 0.25) is 0 Å². The number of hydrogen-bond acceptors (Lipinski definition) is 4. The maximum atomic E-state index is 13.1. The van der Waals surface area contributed by atoms with Gasteiger partial charge in [0, 0.05) is 25.8 Å². The van der Waals surface area contributed by atoms with E-state index in [1.165, 1.54) is 0 Å². The van der Waals surface area contributed by atoms with Crippen LogP contribution in [-0.4, -0.2) is 35.0 Å². The van der Waals surface area contributed by atoms with Crippen LogP contribution in [0.5, 0.6) is 0 Å². The van der Waals surface area contributed by atoms with Crippen LogP contribution < -0.4 is 0 Å². The zero-order valence-corrected chi connectivity index (χ0v) is 20.7. The summed E-state index contributed by atoms with van der Waals surface area (Å²) in [5, 5.41) is 0. The number of hydrogen-bond donors (Lipinski definition) is 0. The first-order valence-corrected chi connectivity index (χ1v) is 10.2. The largest absolute Gasteiger partial charge is 0.462 e. The molecule has 0 amide bonds. The number of piperidine rings is 1. The van der Waals surface area contributed by atoms with Crippen LogP contribution in [0.4, 0.5) is 0 Å². The molecule has 0 radical (unpaired) electrons. The number of halogens is 2. The number of nitrogens with zero attached hydrogens (tertiary/aromatic N) is 2. The predicted molar refractivity (Wildman–Crippen MR) is 134 cm³/mol. The first-order chi connectivity index (χ1) is 14.3. The van der Waals surface area contributed by atoms with Crippen molar-refractivity contribution in [3.63, 3.8) is 0 Å². The van der Waals surface area contributed by atoms with Crippen molar-refractivity contribution in [3.8, 4) is 0 Å². The molecule has 2 aromatic carbocycles. The highest BCUT2D eigenvalue weighted by Gasteiger charge is 2.28. The Balaban J connectivity index is 0.00000171. The topological polar surface area (TPSA) is 42.4 Å². The van der Waals surface area contributed by atoms with E-state index in [1.54, 1.807) is 0 Å². The molecule has 164 valence electrons. The second kappa shape index (κ2) is 12.7. The van der Waals surface area contributed by atoms with Crippen LogP contribution in [0.1, 0.15) is 35.6 Å². The summed E-state index contributed by atoms with van der Waals surface area (Å²) in [6.07, 6.45) is 3.51. The number of pyridine rings is 1. The molecule has 4 nitrogen and oxygen atoms in total. The first kappa shape index (κ1) is 25.2. The smallest absolute Gasteiger partial charge is 0.318 e. The highest BCUT2D eigenvalue weighted by atomic mass is 79.9. The van der Waals surface area contributed by atoms with Crippen LogP contribution in [0.25, 0.3) is 0 Å². The van der Waals surface area contributed by atoms with E-state index < -0.39 is 0 Å². The average molecular weight is 548 g/mol. The predicted octanol–water partition coefficient (Wildman–Crippen LogP) is 5.58. The minimum Gasteiger partial charge on any atom is -0.462 e. The van der Waals surface area contributed by atoms with Crippen LogP contribution in [-0.2, 0) is 16.1 Å². The molecule has 0 N–H and O–H groups in total. The maximum Gasteiger partial charge on any atom is 0.318 e. The Bertz CT molecular complexity index is 863. The Labute approximate surface area is 205 Å². The highest BCUT2D eigenvalue weighted by Crippen LogP contribution is 2.28. The molecule has 1 aliphatic rings. The number of likely N-dealkylation sites (tertiary alicyclic amines) is 1. The Kier molecular flexibility index (Phi) is 10.4. The van der Waals surface area contributed by atoms with Gasteiger partial charge in [-0.05, 0) is 36.1 Å². The SMILES string of the molecule is Br.Br.O=C(OC1CCN(Cc2ccccn2)CC1)C(c1ccccc1)c1ccccc1. The third-order valence-electron chi connectivity index (χ3n) is 5.43. The minimum atomic E-state index is -0.385. The fourth-order valence-corrected chi connectivity index (χ4v) is 3.89. The molecule has 0 atom stereocenters. The van der Waals surface area contributed by atoms with Gasteiger partial charge in [-0.2, -0.15) is 0 Å². The number of carbonyl (C=O) groups is 1. The quantitative estimate of drug-likeness (QED) is 0.378. The lowest BCUT2D eigenvalue weighted by atomic mass is 9.91. The van der Waals surface area contributed by atoms with Gasteiger partial charge in [0.2, 0.25) is 0 Å². The molecule has 3 aromatic rings. The maximum absolute atomic E-state index is 13.1. The molecule has 0 saturated carbocycles. The Morgan fingerprint density at radius 3 is 1.94 bits per heavy atom. The molecule has 1 fully saturated rings. The summed E-state index contributed by atoms with van der Waals surface area (Å²) in [6.45, 7) is 2.67. The van der Waals surface area contributed by atoms with Gasteiger partial charge in [0.15, 0.2) is 0 Å². The zero-order valence-electron chi connectivity index (χ0n) is 17.3. The molecular weight excluding hydrogens is 520 g/mol. The first-order valence-electron chi connectivity index (χ1n) is 10.2. The van der Waals surface area contributed by atoms with E-state index in [2.05, 4.69) is 16.0 Å². The van der Waals surface area contributed by atoms with Crippen LogP contribution in [0.15, 0.2) is 85.1 Å². The number of esters is 1. The molecule has 0 bridgehead atoms. The van der Waals surface area contributed by atoms with E-state index in [9.17, 15) is 4.79 Å². The fraction of sp³-hybridized carbons (Fsp3) is 0.280. The average Bonchev–Trinajstić information content (AvgIpc) is 2.78. The summed E-state index contributed by atoms with van der Waals surface area (Å²) in [6, 6.07) is 25.8. The second-order valence-corrected chi connectivity index (χ2v) is 7.49. The number of aromatic nitrogens is 1. The van der Waals surface area contributed by atoms with Gasteiger partial charge in [0.1, 0.15) is 12.0 Å². The Morgan fingerprint density at radius 1 is 0.871 bits per heavy atom. The molecule has 4 rings (SSSR count). The summed E-state index contributed by atoms with van der Waals surface area (Å²) < 4.78 is 5.98. The molecule has 6 heteroatoms. The van der Waals surface area contributed by atoms with Crippen molar-refractivity contribution in [2.24, 2.45) is 0 Å². The van der Waals surface area contributed by atoms with Crippen molar-refractivity contribution < 1.29 is 9.53 Å². The van der Waals surface area contributed by atoms with Crippen molar-refractivity contribution in [2.45, 2.75) is 31.4 Å². The monoisotopic (exact) mass is 546 g/mol. The van der Waals surface area contributed by atoms with E-state index in [0.717, 1.165) is 49.3 Å². The summed E-state index contributed by atoms with van der Waals surface area (Å²) in [4.78, 5) is 19.9. The lowest BCUT2D eigenvalue weighted by molar-refractivity contribution is -0.152. The number of ether oxygens (including phenoxy) is 1. The standard InChI is InChI=1S/C25H26N2O2.2BrH/c28-25(24(20-9-3-1-4-10-20)21-11-5-2-6-12-21)29-23-14-17-27(18-15-23)19-22-13-7-8-16-26-22;;/h1-13,16,23-24H,14-15,17-19H2;2*1H. The third kappa shape index (κ3) is 6.99. The molecular formula is C25H28Br2N2O2. The Hall–Kier alpha value is -2.02. The molecule has 1 aromatic heterocycles.